The first-order chi connectivity index (χ1) is 10.5. The lowest BCUT2D eigenvalue weighted by Gasteiger charge is -2.26. The quantitative estimate of drug-likeness (QED) is 0.735. The summed E-state index contributed by atoms with van der Waals surface area (Å²) in [7, 11) is 0. The summed E-state index contributed by atoms with van der Waals surface area (Å²) < 4.78 is 5.65. The van der Waals surface area contributed by atoms with Crippen LogP contribution in [0.15, 0.2) is 30.3 Å². The number of phenolic OH excluding ortho intramolecular Hbond substituents is 3. The predicted octanol–water partition coefficient (Wildman–Crippen LogP) is 2.32. The highest BCUT2D eigenvalue weighted by molar-refractivity contribution is 6.02. The molecule has 1 aliphatic heterocycles. The third kappa shape index (κ3) is 2.24. The Labute approximate surface area is 125 Å². The number of ether oxygens (including phenoxy) is 1. The van der Waals surface area contributed by atoms with Gasteiger partial charge in [0.25, 0.3) is 0 Å². The second-order valence-corrected chi connectivity index (χ2v) is 5.01. The van der Waals surface area contributed by atoms with Crippen LogP contribution in [0.5, 0.6) is 23.0 Å². The molecule has 112 valence electrons. The van der Waals surface area contributed by atoms with Crippen molar-refractivity contribution in [2.45, 2.75) is 12.5 Å². The monoisotopic (exact) mass is 300 g/mol. The largest absolute Gasteiger partial charge is 0.508 e. The first-order valence-electron chi connectivity index (χ1n) is 6.53. The van der Waals surface area contributed by atoms with E-state index in [0.717, 1.165) is 6.07 Å². The summed E-state index contributed by atoms with van der Waals surface area (Å²) in [5.74, 6) is -0.956. The van der Waals surface area contributed by atoms with Gasteiger partial charge in [0.15, 0.2) is 12.1 Å². The van der Waals surface area contributed by atoms with Gasteiger partial charge in [0.2, 0.25) is 0 Å². The number of carbonyl (C=O) groups excluding carboxylic acids is 2. The summed E-state index contributed by atoms with van der Waals surface area (Å²) >= 11 is 0. The highest BCUT2D eigenvalue weighted by Crippen LogP contribution is 2.41. The second kappa shape index (κ2) is 5.07. The third-order valence-corrected chi connectivity index (χ3v) is 3.54. The zero-order valence-electron chi connectivity index (χ0n) is 11.3. The number of carbonyl (C=O) groups is 2. The molecule has 6 heteroatoms. The van der Waals surface area contributed by atoms with Crippen molar-refractivity contribution in [3.8, 4) is 23.0 Å². The maximum atomic E-state index is 12.2. The van der Waals surface area contributed by atoms with Gasteiger partial charge in [-0.2, -0.15) is 0 Å². The van der Waals surface area contributed by atoms with E-state index >= 15 is 0 Å². The molecule has 0 radical (unpaired) electrons. The zero-order chi connectivity index (χ0) is 15.9. The van der Waals surface area contributed by atoms with E-state index in [1.807, 2.05) is 0 Å². The van der Waals surface area contributed by atoms with Crippen molar-refractivity contribution >= 4 is 12.1 Å². The molecule has 0 spiro atoms. The van der Waals surface area contributed by atoms with Crippen LogP contribution >= 0.6 is 0 Å². The van der Waals surface area contributed by atoms with Gasteiger partial charge in [-0.1, -0.05) is 6.07 Å². The molecule has 22 heavy (non-hydrogen) atoms. The van der Waals surface area contributed by atoms with Crippen LogP contribution < -0.4 is 4.74 Å². The fourth-order valence-corrected chi connectivity index (χ4v) is 2.48. The predicted molar refractivity (Wildman–Crippen MR) is 75.6 cm³/mol. The van der Waals surface area contributed by atoms with Gasteiger partial charge in [-0.25, -0.2) is 0 Å². The van der Waals surface area contributed by atoms with Crippen molar-refractivity contribution in [2.75, 3.05) is 0 Å². The maximum absolute atomic E-state index is 12.2. The van der Waals surface area contributed by atoms with Crippen LogP contribution in [0.3, 0.4) is 0 Å². The van der Waals surface area contributed by atoms with Crippen LogP contribution in [0.4, 0.5) is 0 Å². The fraction of sp³-hybridized carbons (Fsp3) is 0.125. The number of hydrogen-bond acceptors (Lipinski definition) is 6. The average Bonchev–Trinajstić information content (AvgIpc) is 2.46. The van der Waals surface area contributed by atoms with Crippen molar-refractivity contribution < 1.29 is 29.6 Å². The lowest BCUT2D eigenvalue weighted by atomic mass is 9.94. The number of fused-ring (bicyclic) bond motifs is 1. The Morgan fingerprint density at radius 2 is 1.86 bits per heavy atom. The minimum Gasteiger partial charge on any atom is -0.508 e. The van der Waals surface area contributed by atoms with Gasteiger partial charge < -0.3 is 20.1 Å². The lowest BCUT2D eigenvalue weighted by molar-refractivity contribution is 0.0845. The van der Waals surface area contributed by atoms with Gasteiger partial charge >= 0.3 is 0 Å². The topological polar surface area (TPSA) is 104 Å². The summed E-state index contributed by atoms with van der Waals surface area (Å²) in [4.78, 5) is 23.1. The smallest absolute Gasteiger partial charge is 0.174 e. The number of rotatable bonds is 2. The van der Waals surface area contributed by atoms with Crippen molar-refractivity contribution in [3.05, 3.63) is 47.0 Å². The standard InChI is InChI=1S/C16H12O6/c17-7-9-3-8(1-2-11(9)19)14-6-13(21)16-12(20)4-10(18)5-15(16)22-14/h1-5,7,14,18-20H,6H2/t14-/m0/s1. The molecule has 0 unspecified atom stereocenters. The van der Waals surface area contributed by atoms with E-state index in [9.17, 15) is 24.9 Å². The van der Waals surface area contributed by atoms with Crippen molar-refractivity contribution in [3.63, 3.8) is 0 Å². The molecular weight excluding hydrogens is 288 g/mol. The average molecular weight is 300 g/mol. The summed E-state index contributed by atoms with van der Waals surface area (Å²) in [5, 5.41) is 28.8. The number of benzene rings is 2. The molecular formula is C16H12O6. The first-order valence-corrected chi connectivity index (χ1v) is 6.53. The Hall–Kier alpha value is -3.02. The maximum Gasteiger partial charge on any atom is 0.174 e. The Bertz CT molecular complexity index is 780. The van der Waals surface area contributed by atoms with E-state index in [0.29, 0.717) is 11.8 Å². The summed E-state index contributed by atoms with van der Waals surface area (Å²) in [6.45, 7) is 0. The van der Waals surface area contributed by atoms with E-state index < -0.39 is 6.10 Å². The highest BCUT2D eigenvalue weighted by atomic mass is 16.5. The number of ketones is 1. The molecule has 3 rings (SSSR count). The van der Waals surface area contributed by atoms with Crippen molar-refractivity contribution in [1.29, 1.82) is 0 Å². The van der Waals surface area contributed by atoms with E-state index in [1.165, 1.54) is 18.2 Å². The van der Waals surface area contributed by atoms with Crippen molar-refractivity contribution in [1.82, 2.24) is 0 Å². The molecule has 2 aromatic carbocycles. The Kier molecular flexibility index (Phi) is 3.21. The molecule has 0 aromatic heterocycles. The van der Waals surface area contributed by atoms with E-state index in [1.54, 1.807) is 6.07 Å². The number of hydrogen-bond donors (Lipinski definition) is 3. The van der Waals surface area contributed by atoms with Gasteiger partial charge in [0, 0.05) is 12.1 Å². The highest BCUT2D eigenvalue weighted by Gasteiger charge is 2.31. The molecule has 0 amide bonds. The third-order valence-electron chi connectivity index (χ3n) is 3.54. The zero-order valence-corrected chi connectivity index (χ0v) is 11.3. The molecule has 0 saturated heterocycles. The second-order valence-electron chi connectivity index (χ2n) is 5.01. The van der Waals surface area contributed by atoms with Crippen LogP contribution in [0.2, 0.25) is 0 Å². The molecule has 0 bridgehead atoms. The lowest BCUT2D eigenvalue weighted by Crippen LogP contribution is -2.20. The molecule has 0 saturated carbocycles. The Balaban J connectivity index is 2.02. The number of Topliss-reactive ketones (excluding diaryl/α,β-unsaturated/α-hetero) is 1. The minimum absolute atomic E-state index is 0.0194. The van der Waals surface area contributed by atoms with Crippen molar-refractivity contribution in [2.24, 2.45) is 0 Å². The molecule has 6 nitrogen and oxygen atoms in total. The van der Waals surface area contributed by atoms with Crippen LogP contribution in [-0.2, 0) is 0 Å². The van der Waals surface area contributed by atoms with Crippen LogP contribution in [0, 0.1) is 0 Å². The molecule has 0 fully saturated rings. The van der Waals surface area contributed by atoms with Gasteiger partial charge in [-0.05, 0) is 17.7 Å². The normalized spacial score (nSPS) is 16.7. The molecule has 3 N–H and O–H groups in total. The van der Waals surface area contributed by atoms with E-state index in [-0.39, 0.29) is 46.3 Å². The Morgan fingerprint density at radius 1 is 1.09 bits per heavy atom. The molecule has 1 heterocycles. The summed E-state index contributed by atoms with van der Waals surface area (Å²) in [6.07, 6.45) is -0.177. The van der Waals surface area contributed by atoms with E-state index in [2.05, 4.69) is 0 Å². The molecule has 1 atom stereocenters. The summed E-state index contributed by atoms with van der Waals surface area (Å²) in [5.41, 5.74) is 0.670. The Morgan fingerprint density at radius 3 is 2.59 bits per heavy atom. The van der Waals surface area contributed by atoms with Gasteiger partial charge in [0.1, 0.15) is 34.7 Å². The van der Waals surface area contributed by atoms with E-state index in [4.69, 9.17) is 4.74 Å². The number of phenols is 3. The number of aromatic hydroxyl groups is 3. The van der Waals surface area contributed by atoms with Crippen LogP contribution in [-0.4, -0.2) is 27.4 Å². The summed E-state index contributed by atoms with van der Waals surface area (Å²) in [6, 6.07) is 6.66. The van der Waals surface area contributed by atoms with Crippen LogP contribution in [0.1, 0.15) is 38.8 Å². The van der Waals surface area contributed by atoms with Crippen LogP contribution in [0.25, 0.3) is 0 Å². The number of aldehydes is 1. The molecule has 2 aromatic rings. The van der Waals surface area contributed by atoms with Gasteiger partial charge in [-0.15, -0.1) is 0 Å². The van der Waals surface area contributed by atoms with Gasteiger partial charge in [-0.3, -0.25) is 9.59 Å². The molecule has 0 aliphatic carbocycles. The fourth-order valence-electron chi connectivity index (χ4n) is 2.48. The molecule has 1 aliphatic rings. The minimum atomic E-state index is -0.666. The SMILES string of the molecule is O=Cc1cc([C@@H]2CC(=O)c3c(O)cc(O)cc3O2)ccc1O. The van der Waals surface area contributed by atoms with Gasteiger partial charge in [0.05, 0.1) is 12.0 Å². The first kappa shape index (κ1) is 13.9.